The molecule has 1 fully saturated rings. The van der Waals surface area contributed by atoms with Crippen molar-refractivity contribution in [3.05, 3.63) is 54.6 Å². The maximum atomic E-state index is 10.0. The van der Waals surface area contributed by atoms with Gasteiger partial charge >= 0.3 is 0 Å². The number of allylic oxidation sites excluding steroid dienone is 2. The van der Waals surface area contributed by atoms with Gasteiger partial charge in [0, 0.05) is 5.56 Å². The van der Waals surface area contributed by atoms with Gasteiger partial charge in [-0.1, -0.05) is 24.3 Å². The van der Waals surface area contributed by atoms with E-state index in [4.69, 9.17) is 0 Å². The smallest absolute Gasteiger partial charge is 0.119 e. The summed E-state index contributed by atoms with van der Waals surface area (Å²) < 4.78 is 0. The van der Waals surface area contributed by atoms with Crippen LogP contribution < -0.4 is 0 Å². The van der Waals surface area contributed by atoms with Gasteiger partial charge in [0.25, 0.3) is 0 Å². The van der Waals surface area contributed by atoms with Crippen LogP contribution in [-0.2, 0) is 6.42 Å². The Hall–Kier alpha value is -1.50. The van der Waals surface area contributed by atoms with Crippen LogP contribution in [0.3, 0.4) is 0 Å². The molecule has 0 bridgehead atoms. The zero-order valence-corrected chi connectivity index (χ0v) is 11.6. The van der Waals surface area contributed by atoms with Gasteiger partial charge in [-0.3, -0.25) is 0 Å². The number of hydrogen-bond acceptors (Lipinski definition) is 1. The van der Waals surface area contributed by atoms with E-state index in [-0.39, 0.29) is 0 Å². The van der Waals surface area contributed by atoms with E-state index in [1.165, 1.54) is 31.2 Å². The molecule has 1 heteroatoms. The molecule has 1 N–H and O–H groups in total. The molecule has 1 aliphatic carbocycles. The van der Waals surface area contributed by atoms with E-state index in [2.05, 4.69) is 19.2 Å². The minimum Gasteiger partial charge on any atom is -0.508 e. The van der Waals surface area contributed by atoms with Crippen molar-refractivity contribution in [1.82, 2.24) is 0 Å². The highest BCUT2D eigenvalue weighted by atomic mass is 16.3. The van der Waals surface area contributed by atoms with Crippen LogP contribution in [0.4, 0.5) is 0 Å². The molecule has 102 valence electrons. The van der Waals surface area contributed by atoms with Gasteiger partial charge in [0.1, 0.15) is 5.75 Å². The van der Waals surface area contributed by atoms with Crippen LogP contribution in [0.5, 0.6) is 5.75 Å². The SMILES string of the molecule is C=CCc1c(O)cccc1C1CCC(CC=C)CC1. The molecule has 0 amide bonds. The Balaban J connectivity index is 2.12. The second kappa shape index (κ2) is 6.60. The lowest BCUT2D eigenvalue weighted by Gasteiger charge is -2.29. The predicted molar refractivity (Wildman–Crippen MR) is 81.5 cm³/mol. The minimum absolute atomic E-state index is 0.422. The maximum Gasteiger partial charge on any atom is 0.119 e. The van der Waals surface area contributed by atoms with Crippen molar-refractivity contribution in [3.8, 4) is 5.75 Å². The van der Waals surface area contributed by atoms with Crippen LogP contribution in [0, 0.1) is 5.92 Å². The van der Waals surface area contributed by atoms with Gasteiger partial charge in [-0.2, -0.15) is 0 Å². The molecule has 0 unspecified atom stereocenters. The number of aromatic hydroxyl groups is 1. The summed E-state index contributed by atoms with van der Waals surface area (Å²) in [4.78, 5) is 0. The maximum absolute atomic E-state index is 10.0. The fourth-order valence-electron chi connectivity index (χ4n) is 3.29. The molecule has 0 heterocycles. The van der Waals surface area contributed by atoms with E-state index in [9.17, 15) is 5.11 Å². The molecule has 2 rings (SSSR count). The van der Waals surface area contributed by atoms with Gasteiger partial charge in [-0.25, -0.2) is 0 Å². The van der Waals surface area contributed by atoms with Crippen molar-refractivity contribution in [1.29, 1.82) is 0 Å². The lowest BCUT2D eigenvalue weighted by Crippen LogP contribution is -2.14. The molecule has 0 saturated heterocycles. The van der Waals surface area contributed by atoms with Gasteiger partial charge in [0.2, 0.25) is 0 Å². The van der Waals surface area contributed by atoms with Crippen molar-refractivity contribution < 1.29 is 5.11 Å². The Morgan fingerprint density at radius 1 is 1.11 bits per heavy atom. The van der Waals surface area contributed by atoms with Gasteiger partial charge in [-0.05, 0) is 62.0 Å². The summed E-state index contributed by atoms with van der Waals surface area (Å²) in [6, 6.07) is 5.93. The Bertz CT molecular complexity index is 439. The van der Waals surface area contributed by atoms with Crippen molar-refractivity contribution in [2.75, 3.05) is 0 Å². The van der Waals surface area contributed by atoms with E-state index in [0.29, 0.717) is 11.7 Å². The number of phenols is 1. The van der Waals surface area contributed by atoms with Crippen molar-refractivity contribution in [2.24, 2.45) is 5.92 Å². The molecule has 1 saturated carbocycles. The molecule has 1 aliphatic rings. The van der Waals surface area contributed by atoms with Gasteiger partial charge in [0.05, 0.1) is 0 Å². The van der Waals surface area contributed by atoms with Gasteiger partial charge < -0.3 is 5.11 Å². The van der Waals surface area contributed by atoms with Crippen LogP contribution >= 0.6 is 0 Å². The standard InChI is InChI=1S/C18H24O/c1-3-6-14-10-12-15(13-11-14)16-8-5-9-18(19)17(16)7-4-2/h3-5,8-9,14-15,19H,1-2,6-7,10-13H2. The zero-order valence-electron chi connectivity index (χ0n) is 11.6. The predicted octanol–water partition coefficient (Wildman–Crippen LogP) is 4.97. The monoisotopic (exact) mass is 256 g/mol. The van der Waals surface area contributed by atoms with E-state index < -0.39 is 0 Å². The highest BCUT2D eigenvalue weighted by Crippen LogP contribution is 2.40. The first-order valence-electron chi connectivity index (χ1n) is 7.28. The Kier molecular flexibility index (Phi) is 4.84. The molecule has 0 radical (unpaired) electrons. The Morgan fingerprint density at radius 2 is 1.84 bits per heavy atom. The van der Waals surface area contributed by atoms with Gasteiger partial charge in [-0.15, -0.1) is 13.2 Å². The topological polar surface area (TPSA) is 20.2 Å². The molecule has 1 aromatic rings. The van der Waals surface area contributed by atoms with E-state index in [1.54, 1.807) is 6.07 Å². The summed E-state index contributed by atoms with van der Waals surface area (Å²) in [5, 5.41) is 10.0. The molecule has 0 spiro atoms. The number of hydrogen-bond donors (Lipinski definition) is 1. The highest BCUT2D eigenvalue weighted by Gasteiger charge is 2.23. The van der Waals surface area contributed by atoms with Crippen molar-refractivity contribution >= 4 is 0 Å². The third kappa shape index (κ3) is 3.28. The molecule has 0 aromatic heterocycles. The Morgan fingerprint density at radius 3 is 2.47 bits per heavy atom. The van der Waals surface area contributed by atoms with Crippen LogP contribution in [0.15, 0.2) is 43.5 Å². The molecular weight excluding hydrogens is 232 g/mol. The zero-order chi connectivity index (χ0) is 13.7. The van der Waals surface area contributed by atoms with Crippen LogP contribution in [-0.4, -0.2) is 5.11 Å². The molecule has 19 heavy (non-hydrogen) atoms. The fourth-order valence-corrected chi connectivity index (χ4v) is 3.29. The summed E-state index contributed by atoms with van der Waals surface area (Å²) in [5.74, 6) is 1.84. The first-order valence-corrected chi connectivity index (χ1v) is 7.28. The quantitative estimate of drug-likeness (QED) is 0.737. The van der Waals surface area contributed by atoms with Crippen LogP contribution in [0.25, 0.3) is 0 Å². The largest absolute Gasteiger partial charge is 0.508 e. The second-order valence-electron chi connectivity index (χ2n) is 5.58. The first kappa shape index (κ1) is 13.9. The molecule has 0 aliphatic heterocycles. The molecular formula is C18H24O. The minimum atomic E-state index is 0.422. The normalized spacial score (nSPS) is 22.9. The van der Waals surface area contributed by atoms with Gasteiger partial charge in [0.15, 0.2) is 0 Å². The number of rotatable bonds is 5. The summed E-state index contributed by atoms with van der Waals surface area (Å²) in [5.41, 5.74) is 2.40. The van der Waals surface area contributed by atoms with Crippen molar-refractivity contribution in [2.45, 2.75) is 44.4 Å². The van der Waals surface area contributed by atoms with Crippen LogP contribution in [0.1, 0.15) is 49.1 Å². The van der Waals surface area contributed by atoms with Crippen molar-refractivity contribution in [3.63, 3.8) is 0 Å². The van der Waals surface area contributed by atoms with E-state index in [0.717, 1.165) is 24.3 Å². The third-order valence-electron chi connectivity index (χ3n) is 4.32. The first-order chi connectivity index (χ1) is 9.26. The van der Waals surface area contributed by atoms with E-state index in [1.807, 2.05) is 18.2 Å². The summed E-state index contributed by atoms with van der Waals surface area (Å²) in [6.07, 6.45) is 10.8. The van der Waals surface area contributed by atoms with Crippen LogP contribution in [0.2, 0.25) is 0 Å². The summed E-state index contributed by atoms with van der Waals surface area (Å²) >= 11 is 0. The lowest BCUT2D eigenvalue weighted by molar-refractivity contribution is 0.327. The number of benzene rings is 1. The summed E-state index contributed by atoms with van der Waals surface area (Å²) in [7, 11) is 0. The lowest BCUT2D eigenvalue weighted by atomic mass is 9.76. The second-order valence-corrected chi connectivity index (χ2v) is 5.58. The molecule has 1 aromatic carbocycles. The third-order valence-corrected chi connectivity index (χ3v) is 4.32. The highest BCUT2D eigenvalue weighted by molar-refractivity contribution is 5.42. The average Bonchev–Trinajstić information content (AvgIpc) is 2.43. The average molecular weight is 256 g/mol. The molecule has 1 nitrogen and oxygen atoms in total. The number of phenolic OH excluding ortho intramolecular Hbond substituents is 1. The molecule has 0 atom stereocenters. The van der Waals surface area contributed by atoms with E-state index >= 15 is 0 Å². The Labute approximate surface area is 116 Å². The fraction of sp³-hybridized carbons (Fsp3) is 0.444. The summed E-state index contributed by atoms with van der Waals surface area (Å²) in [6.45, 7) is 7.64.